The first-order valence-corrected chi connectivity index (χ1v) is 10.5. The molecule has 1 aromatic carbocycles. The van der Waals surface area contributed by atoms with Gasteiger partial charge >= 0.3 is 0 Å². The smallest absolute Gasteiger partial charge is 0.263 e. The summed E-state index contributed by atoms with van der Waals surface area (Å²) in [7, 11) is -3.75. The number of fused-ring (bicyclic) bond motifs is 1. The lowest BCUT2D eigenvalue weighted by molar-refractivity contribution is -0.116. The van der Waals surface area contributed by atoms with E-state index in [-0.39, 0.29) is 16.6 Å². The zero-order valence-electron chi connectivity index (χ0n) is 15.8. The van der Waals surface area contributed by atoms with E-state index in [0.717, 1.165) is 30.0 Å². The summed E-state index contributed by atoms with van der Waals surface area (Å²) in [6.07, 6.45) is 2.31. The number of benzene rings is 1. The van der Waals surface area contributed by atoms with Gasteiger partial charge in [0.2, 0.25) is 5.91 Å². The summed E-state index contributed by atoms with van der Waals surface area (Å²) in [5, 5.41) is 0. The Kier molecular flexibility index (Phi) is 5.36. The van der Waals surface area contributed by atoms with E-state index in [1.54, 1.807) is 29.3 Å². The van der Waals surface area contributed by atoms with Crippen LogP contribution >= 0.6 is 0 Å². The third-order valence-electron chi connectivity index (χ3n) is 4.75. The van der Waals surface area contributed by atoms with Crippen molar-refractivity contribution in [2.24, 2.45) is 0 Å². The fraction of sp³-hybridized carbons (Fsp3) is 0.368. The van der Waals surface area contributed by atoms with E-state index in [1.807, 2.05) is 6.07 Å². The van der Waals surface area contributed by atoms with Gasteiger partial charge in [-0.1, -0.05) is 0 Å². The van der Waals surface area contributed by atoms with Crippen LogP contribution in [0.15, 0.2) is 41.4 Å². The Hall–Kier alpha value is -2.61. The second-order valence-corrected chi connectivity index (χ2v) is 8.07. The van der Waals surface area contributed by atoms with Crippen molar-refractivity contribution in [3.63, 3.8) is 0 Å². The Morgan fingerprint density at radius 1 is 1.22 bits per heavy atom. The van der Waals surface area contributed by atoms with Crippen LogP contribution in [-0.2, 0) is 21.2 Å². The molecule has 7 nitrogen and oxygen atoms in total. The Labute approximate surface area is 160 Å². The lowest BCUT2D eigenvalue weighted by atomic mass is 10.2. The number of carbonyl (C=O) groups is 1. The molecule has 144 valence electrons. The zero-order valence-corrected chi connectivity index (χ0v) is 16.6. The molecule has 0 saturated heterocycles. The molecule has 0 unspecified atom stereocenters. The second kappa shape index (κ2) is 7.56. The molecule has 8 heteroatoms. The molecular formula is C19H24N4O3S. The molecule has 1 aliphatic rings. The standard InChI is InChI=1S/C19H24N4O3S/c1-4-22(5-2)16-6-9-19(20-13-16)21-27(25,26)17-7-8-18-15(12-17)10-11-23(18)14(3)24/h6-9,12-13H,4-5,10-11H2,1-3H3,(H,20,21). The molecule has 0 saturated carbocycles. The van der Waals surface area contributed by atoms with Gasteiger partial charge in [0.1, 0.15) is 5.82 Å². The van der Waals surface area contributed by atoms with Gasteiger partial charge in [-0.3, -0.25) is 9.52 Å². The molecule has 0 spiro atoms. The minimum atomic E-state index is -3.75. The van der Waals surface area contributed by atoms with E-state index in [1.165, 1.54) is 13.0 Å². The van der Waals surface area contributed by atoms with E-state index >= 15 is 0 Å². The molecule has 0 bridgehead atoms. The van der Waals surface area contributed by atoms with Crippen LogP contribution in [0, 0.1) is 0 Å². The van der Waals surface area contributed by atoms with Crippen molar-refractivity contribution in [2.45, 2.75) is 32.1 Å². The number of nitrogens with zero attached hydrogens (tertiary/aromatic N) is 3. The van der Waals surface area contributed by atoms with Crippen LogP contribution in [0.4, 0.5) is 17.2 Å². The molecule has 27 heavy (non-hydrogen) atoms. The van der Waals surface area contributed by atoms with E-state index < -0.39 is 10.0 Å². The second-order valence-electron chi connectivity index (χ2n) is 6.39. The molecule has 0 atom stereocenters. The lowest BCUT2D eigenvalue weighted by Gasteiger charge is -2.20. The van der Waals surface area contributed by atoms with Crippen molar-refractivity contribution in [3.8, 4) is 0 Å². The predicted molar refractivity (Wildman–Crippen MR) is 107 cm³/mol. The fourth-order valence-electron chi connectivity index (χ4n) is 3.29. The van der Waals surface area contributed by atoms with Crippen LogP contribution in [0.25, 0.3) is 0 Å². The van der Waals surface area contributed by atoms with Gasteiger partial charge < -0.3 is 9.80 Å². The molecule has 1 aliphatic heterocycles. The average molecular weight is 388 g/mol. The number of anilines is 3. The molecule has 3 rings (SSSR count). The maximum absolute atomic E-state index is 12.7. The van der Waals surface area contributed by atoms with Crippen molar-refractivity contribution in [3.05, 3.63) is 42.1 Å². The third kappa shape index (κ3) is 3.90. The SMILES string of the molecule is CCN(CC)c1ccc(NS(=O)(=O)c2ccc3c(c2)CCN3C(C)=O)nc1. The van der Waals surface area contributed by atoms with E-state index in [2.05, 4.69) is 28.5 Å². The van der Waals surface area contributed by atoms with Crippen molar-refractivity contribution in [1.29, 1.82) is 0 Å². The van der Waals surface area contributed by atoms with Gasteiger partial charge in [0.05, 0.1) is 16.8 Å². The van der Waals surface area contributed by atoms with Gasteiger partial charge in [0, 0.05) is 32.2 Å². The minimum Gasteiger partial charge on any atom is -0.371 e. The van der Waals surface area contributed by atoms with Gasteiger partial charge in [-0.15, -0.1) is 0 Å². The first kappa shape index (κ1) is 19.2. The average Bonchev–Trinajstić information content (AvgIpc) is 3.07. The number of hydrogen-bond acceptors (Lipinski definition) is 5. The van der Waals surface area contributed by atoms with E-state index in [4.69, 9.17) is 0 Å². The van der Waals surface area contributed by atoms with Gasteiger partial charge in [0.25, 0.3) is 10.0 Å². The van der Waals surface area contributed by atoms with Crippen molar-refractivity contribution >= 4 is 33.1 Å². The molecule has 1 aromatic heterocycles. The number of carbonyl (C=O) groups excluding carboxylic acids is 1. The van der Waals surface area contributed by atoms with E-state index in [9.17, 15) is 13.2 Å². The van der Waals surface area contributed by atoms with Gasteiger partial charge in [0.15, 0.2) is 0 Å². The molecule has 2 heterocycles. The summed E-state index contributed by atoms with van der Waals surface area (Å²) in [4.78, 5) is 19.8. The van der Waals surface area contributed by atoms with Crippen LogP contribution in [0.3, 0.4) is 0 Å². The molecule has 0 aliphatic carbocycles. The molecule has 1 N–H and O–H groups in total. The number of hydrogen-bond donors (Lipinski definition) is 1. The monoisotopic (exact) mass is 388 g/mol. The van der Waals surface area contributed by atoms with Crippen molar-refractivity contribution < 1.29 is 13.2 Å². The summed E-state index contributed by atoms with van der Waals surface area (Å²) in [5.74, 6) is 0.233. The van der Waals surface area contributed by atoms with Gasteiger partial charge in [-0.25, -0.2) is 13.4 Å². The summed E-state index contributed by atoms with van der Waals surface area (Å²) >= 11 is 0. The van der Waals surface area contributed by atoms with Crippen LogP contribution in [0.2, 0.25) is 0 Å². The Balaban J connectivity index is 1.80. The summed E-state index contributed by atoms with van der Waals surface area (Å²) in [6, 6.07) is 8.36. The first-order chi connectivity index (χ1) is 12.9. The molecule has 1 amide bonds. The lowest BCUT2D eigenvalue weighted by Crippen LogP contribution is -2.25. The van der Waals surface area contributed by atoms with E-state index in [0.29, 0.717) is 13.0 Å². The number of rotatable bonds is 6. The fourth-order valence-corrected chi connectivity index (χ4v) is 4.35. The Morgan fingerprint density at radius 2 is 1.96 bits per heavy atom. The number of aromatic nitrogens is 1. The normalized spacial score (nSPS) is 13.4. The summed E-state index contributed by atoms with van der Waals surface area (Å²) in [6.45, 7) is 7.92. The number of nitrogens with one attached hydrogen (secondary N) is 1. The predicted octanol–water partition coefficient (Wildman–Crippen LogP) is 2.64. The van der Waals surface area contributed by atoms with Crippen LogP contribution < -0.4 is 14.5 Å². The number of sulfonamides is 1. The zero-order chi connectivity index (χ0) is 19.6. The minimum absolute atomic E-state index is 0.0417. The third-order valence-corrected chi connectivity index (χ3v) is 6.10. The first-order valence-electron chi connectivity index (χ1n) is 9.00. The largest absolute Gasteiger partial charge is 0.371 e. The molecule has 0 radical (unpaired) electrons. The number of pyridine rings is 1. The number of amides is 1. The maximum Gasteiger partial charge on any atom is 0.263 e. The van der Waals surface area contributed by atoms with Gasteiger partial charge in [-0.2, -0.15) is 0 Å². The topological polar surface area (TPSA) is 82.6 Å². The highest BCUT2D eigenvalue weighted by atomic mass is 32.2. The summed E-state index contributed by atoms with van der Waals surface area (Å²) in [5.41, 5.74) is 2.59. The van der Waals surface area contributed by atoms with Crippen LogP contribution in [0.1, 0.15) is 26.3 Å². The van der Waals surface area contributed by atoms with Crippen molar-refractivity contribution in [1.82, 2.24) is 4.98 Å². The molecular weight excluding hydrogens is 364 g/mol. The Morgan fingerprint density at radius 3 is 2.56 bits per heavy atom. The maximum atomic E-state index is 12.7. The summed E-state index contributed by atoms with van der Waals surface area (Å²) < 4.78 is 27.9. The Bertz CT molecular complexity index is 938. The van der Waals surface area contributed by atoms with Crippen LogP contribution in [-0.4, -0.2) is 38.9 Å². The molecule has 0 fully saturated rings. The molecule has 2 aromatic rings. The van der Waals surface area contributed by atoms with Crippen LogP contribution in [0.5, 0.6) is 0 Å². The quantitative estimate of drug-likeness (QED) is 0.823. The van der Waals surface area contributed by atoms with Crippen molar-refractivity contribution in [2.75, 3.05) is 34.2 Å². The highest BCUT2D eigenvalue weighted by Crippen LogP contribution is 2.30. The van der Waals surface area contributed by atoms with Gasteiger partial charge in [-0.05, 0) is 56.2 Å². The highest BCUT2D eigenvalue weighted by molar-refractivity contribution is 7.92. The highest BCUT2D eigenvalue weighted by Gasteiger charge is 2.25.